The van der Waals surface area contributed by atoms with E-state index in [0.717, 1.165) is 24.8 Å². The molecule has 1 aliphatic carbocycles. The van der Waals surface area contributed by atoms with Gasteiger partial charge in [-0.2, -0.15) is 0 Å². The first-order valence-corrected chi connectivity index (χ1v) is 7.58. The van der Waals surface area contributed by atoms with Crippen molar-refractivity contribution in [3.05, 3.63) is 23.3 Å². The van der Waals surface area contributed by atoms with Crippen molar-refractivity contribution in [1.82, 2.24) is 0 Å². The quantitative estimate of drug-likeness (QED) is 0.765. The number of hydrogen-bond acceptors (Lipinski definition) is 2. The van der Waals surface area contributed by atoms with Crippen molar-refractivity contribution < 1.29 is 14.6 Å². The fourth-order valence-corrected chi connectivity index (χ4v) is 3.33. The summed E-state index contributed by atoms with van der Waals surface area (Å²) in [6.07, 6.45) is 6.73. The Labute approximate surface area is 122 Å². The third-order valence-corrected chi connectivity index (χ3v) is 4.57. The summed E-state index contributed by atoms with van der Waals surface area (Å²) in [7, 11) is 1.67. The van der Waals surface area contributed by atoms with Crippen molar-refractivity contribution in [2.75, 3.05) is 13.7 Å². The van der Waals surface area contributed by atoms with Crippen LogP contribution < -0.4 is 0 Å². The van der Waals surface area contributed by atoms with Crippen molar-refractivity contribution in [2.45, 2.75) is 47.0 Å². The van der Waals surface area contributed by atoms with Gasteiger partial charge < -0.3 is 9.84 Å². The first-order valence-electron chi connectivity index (χ1n) is 7.58. The number of carboxylic acids is 1. The maximum atomic E-state index is 12.1. The first kappa shape index (κ1) is 17.0. The Morgan fingerprint density at radius 1 is 1.40 bits per heavy atom. The average Bonchev–Trinajstić information content (AvgIpc) is 2.43. The van der Waals surface area contributed by atoms with Crippen LogP contribution in [0, 0.1) is 17.3 Å². The van der Waals surface area contributed by atoms with Gasteiger partial charge in [0.1, 0.15) is 0 Å². The van der Waals surface area contributed by atoms with Crippen molar-refractivity contribution >= 4 is 5.97 Å². The van der Waals surface area contributed by atoms with E-state index in [9.17, 15) is 9.90 Å². The van der Waals surface area contributed by atoms with Gasteiger partial charge in [-0.1, -0.05) is 51.0 Å². The number of carboxylic acid groups (broad SMARTS) is 1. The second-order valence-corrected chi connectivity index (χ2v) is 5.87. The van der Waals surface area contributed by atoms with Crippen molar-refractivity contribution in [1.29, 1.82) is 0 Å². The lowest BCUT2D eigenvalue weighted by atomic mass is 9.60. The van der Waals surface area contributed by atoms with E-state index < -0.39 is 11.4 Å². The number of methoxy groups -OCH3 is 1. The minimum absolute atomic E-state index is 0.0280. The van der Waals surface area contributed by atoms with Gasteiger partial charge in [0.15, 0.2) is 0 Å². The fourth-order valence-electron chi connectivity index (χ4n) is 3.33. The van der Waals surface area contributed by atoms with Gasteiger partial charge in [0.25, 0.3) is 0 Å². The van der Waals surface area contributed by atoms with E-state index in [4.69, 9.17) is 4.74 Å². The summed E-state index contributed by atoms with van der Waals surface area (Å²) in [4.78, 5) is 12.1. The maximum absolute atomic E-state index is 12.1. The zero-order chi connectivity index (χ0) is 15.3. The van der Waals surface area contributed by atoms with E-state index in [-0.39, 0.29) is 11.8 Å². The molecule has 0 fully saturated rings. The summed E-state index contributed by atoms with van der Waals surface area (Å²) < 4.78 is 5.20. The highest BCUT2D eigenvalue weighted by atomic mass is 16.5. The van der Waals surface area contributed by atoms with E-state index >= 15 is 0 Å². The zero-order valence-electron chi connectivity index (χ0n) is 13.4. The Kier molecular flexibility index (Phi) is 6.00. The molecule has 3 nitrogen and oxygen atoms in total. The molecule has 0 saturated carbocycles. The van der Waals surface area contributed by atoms with Crippen LogP contribution in [0.3, 0.4) is 0 Å². The standard InChI is InChI=1S/C17H28O3/c1-6-13-10-14(7-2)15(8-9-20-5)17(11-13,12(3)4)16(18)19/h10-12,15H,6-9H2,1-5H3,(H,18,19). The highest BCUT2D eigenvalue weighted by molar-refractivity contribution is 5.79. The van der Waals surface area contributed by atoms with E-state index in [0.29, 0.717) is 6.61 Å². The predicted octanol–water partition coefficient (Wildman–Crippen LogP) is 4.05. The van der Waals surface area contributed by atoms with E-state index in [1.54, 1.807) is 7.11 Å². The summed E-state index contributed by atoms with van der Waals surface area (Å²) in [5.41, 5.74) is 1.59. The molecule has 1 rings (SSSR count). The predicted molar refractivity (Wildman–Crippen MR) is 81.6 cm³/mol. The third kappa shape index (κ3) is 2.98. The van der Waals surface area contributed by atoms with Crippen LogP contribution >= 0.6 is 0 Å². The maximum Gasteiger partial charge on any atom is 0.314 e. The van der Waals surface area contributed by atoms with Crippen LogP contribution in [0.5, 0.6) is 0 Å². The molecule has 0 saturated heterocycles. The lowest BCUT2D eigenvalue weighted by Crippen LogP contribution is -2.44. The smallest absolute Gasteiger partial charge is 0.314 e. The summed E-state index contributed by atoms with van der Waals surface area (Å²) >= 11 is 0. The lowest BCUT2D eigenvalue weighted by Gasteiger charge is -2.42. The molecular formula is C17H28O3. The van der Waals surface area contributed by atoms with Gasteiger partial charge >= 0.3 is 5.97 Å². The van der Waals surface area contributed by atoms with Gasteiger partial charge in [-0.15, -0.1) is 0 Å². The molecule has 0 spiro atoms. The van der Waals surface area contributed by atoms with Crippen LogP contribution in [0.15, 0.2) is 23.3 Å². The number of hydrogen-bond donors (Lipinski definition) is 1. The molecule has 0 radical (unpaired) electrons. The molecule has 0 aromatic heterocycles. The highest BCUT2D eigenvalue weighted by Gasteiger charge is 2.49. The Balaban J connectivity index is 3.35. The second kappa shape index (κ2) is 7.07. The molecule has 1 aliphatic rings. The van der Waals surface area contributed by atoms with Crippen LogP contribution in [-0.2, 0) is 9.53 Å². The summed E-state index contributed by atoms with van der Waals surface area (Å²) in [5, 5.41) is 9.94. The minimum Gasteiger partial charge on any atom is -0.481 e. The van der Waals surface area contributed by atoms with Crippen molar-refractivity contribution in [3.8, 4) is 0 Å². The van der Waals surface area contributed by atoms with Crippen molar-refractivity contribution in [2.24, 2.45) is 17.3 Å². The minimum atomic E-state index is -0.802. The number of rotatable bonds is 7. The monoisotopic (exact) mass is 280 g/mol. The largest absolute Gasteiger partial charge is 0.481 e. The SMILES string of the molecule is CCC1=CC(C(=O)O)(C(C)C)C(CCOC)C(CC)=C1. The van der Waals surface area contributed by atoms with E-state index in [1.165, 1.54) is 5.57 Å². The fraction of sp³-hybridized carbons (Fsp3) is 0.706. The molecule has 0 aromatic carbocycles. The molecule has 0 aromatic rings. The van der Waals surface area contributed by atoms with Crippen LogP contribution in [0.1, 0.15) is 47.0 Å². The molecule has 2 unspecified atom stereocenters. The molecule has 114 valence electrons. The van der Waals surface area contributed by atoms with Gasteiger partial charge in [0.05, 0.1) is 5.41 Å². The van der Waals surface area contributed by atoms with Gasteiger partial charge in [-0.3, -0.25) is 4.79 Å². The Morgan fingerprint density at radius 2 is 2.05 bits per heavy atom. The van der Waals surface area contributed by atoms with Crippen LogP contribution in [0.25, 0.3) is 0 Å². The van der Waals surface area contributed by atoms with Gasteiger partial charge in [-0.25, -0.2) is 0 Å². The van der Waals surface area contributed by atoms with E-state index in [1.807, 2.05) is 19.9 Å². The molecule has 3 heteroatoms. The van der Waals surface area contributed by atoms with Crippen molar-refractivity contribution in [3.63, 3.8) is 0 Å². The average molecular weight is 280 g/mol. The summed E-state index contributed by atoms with van der Waals surface area (Å²) in [6, 6.07) is 0. The molecule has 1 N–H and O–H groups in total. The highest BCUT2D eigenvalue weighted by Crippen LogP contribution is 2.48. The lowest BCUT2D eigenvalue weighted by molar-refractivity contribution is -0.151. The van der Waals surface area contributed by atoms with Gasteiger partial charge in [-0.05, 0) is 25.2 Å². The Hall–Kier alpha value is -1.09. The molecular weight excluding hydrogens is 252 g/mol. The third-order valence-electron chi connectivity index (χ3n) is 4.57. The van der Waals surface area contributed by atoms with Crippen LogP contribution in [0.2, 0.25) is 0 Å². The number of allylic oxidation sites excluding steroid dienone is 3. The molecule has 0 bridgehead atoms. The zero-order valence-corrected chi connectivity index (χ0v) is 13.4. The number of aliphatic carboxylic acids is 1. The summed E-state index contributed by atoms with van der Waals surface area (Å²) in [6.45, 7) is 8.81. The van der Waals surface area contributed by atoms with E-state index in [2.05, 4.69) is 19.9 Å². The Bertz CT molecular complexity index is 406. The second-order valence-electron chi connectivity index (χ2n) is 5.87. The first-order chi connectivity index (χ1) is 9.43. The molecule has 20 heavy (non-hydrogen) atoms. The van der Waals surface area contributed by atoms with Gasteiger partial charge in [0, 0.05) is 19.6 Å². The van der Waals surface area contributed by atoms with Crippen LogP contribution in [-0.4, -0.2) is 24.8 Å². The van der Waals surface area contributed by atoms with Crippen LogP contribution in [0.4, 0.5) is 0 Å². The topological polar surface area (TPSA) is 46.5 Å². The van der Waals surface area contributed by atoms with Gasteiger partial charge in [0.2, 0.25) is 0 Å². The number of ether oxygens (including phenoxy) is 1. The Morgan fingerprint density at radius 3 is 2.45 bits per heavy atom. The summed E-state index contributed by atoms with van der Waals surface area (Å²) in [5.74, 6) is -0.627. The molecule has 0 amide bonds. The normalized spacial score (nSPS) is 26.4. The number of carbonyl (C=O) groups is 1. The molecule has 2 atom stereocenters. The molecule has 0 aliphatic heterocycles. The molecule has 0 heterocycles.